The number of benzene rings is 2. The van der Waals surface area contributed by atoms with Crippen molar-refractivity contribution in [1.29, 1.82) is 0 Å². The van der Waals surface area contributed by atoms with Crippen LogP contribution in [-0.4, -0.2) is 5.78 Å². The summed E-state index contributed by atoms with van der Waals surface area (Å²) in [6.45, 7) is 2.01. The fourth-order valence-electron chi connectivity index (χ4n) is 2.00. The molecule has 1 nitrogen and oxygen atoms in total. The molecule has 0 unspecified atom stereocenters. The number of ketones is 1. The Bertz CT molecular complexity index is 587. The van der Waals surface area contributed by atoms with Crippen molar-refractivity contribution >= 4 is 17.4 Å². The maximum Gasteiger partial charge on any atom is 0.163 e. The van der Waals surface area contributed by atoms with E-state index in [9.17, 15) is 9.18 Å². The maximum atomic E-state index is 13.2. The molecule has 0 aromatic heterocycles. The summed E-state index contributed by atoms with van der Waals surface area (Å²) in [5, 5.41) is 0.249. The van der Waals surface area contributed by atoms with Gasteiger partial charge in [-0.15, -0.1) is 0 Å². The number of hydrogen-bond donors (Lipinski definition) is 0. The fraction of sp³-hybridized carbons (Fsp3) is 0.188. The van der Waals surface area contributed by atoms with Gasteiger partial charge in [0.1, 0.15) is 5.82 Å². The highest BCUT2D eigenvalue weighted by molar-refractivity contribution is 6.31. The quantitative estimate of drug-likeness (QED) is 0.746. The molecule has 0 spiro atoms. The molecule has 0 amide bonds. The maximum absolute atomic E-state index is 13.2. The summed E-state index contributed by atoms with van der Waals surface area (Å²) in [5.74, 6) is -0.573. The predicted octanol–water partition coefficient (Wildman–Crippen LogP) is 4.60. The van der Waals surface area contributed by atoms with Gasteiger partial charge in [0.2, 0.25) is 0 Å². The summed E-state index contributed by atoms with van der Waals surface area (Å²) in [5.41, 5.74) is 2.63. The smallest absolute Gasteiger partial charge is 0.163 e. The van der Waals surface area contributed by atoms with E-state index in [1.807, 2.05) is 31.2 Å². The standard InChI is InChI=1S/C16H14ClFO/c1-11-4-2-3-5-12(11)6-7-16(19)13-8-14(17)10-15(18)9-13/h2-5,8-10H,6-7H2,1H3. The molecule has 3 heteroatoms. The molecule has 0 aliphatic carbocycles. The number of halogens is 2. The molecule has 0 fully saturated rings. The molecule has 0 aliphatic rings. The van der Waals surface area contributed by atoms with Crippen LogP contribution in [0.5, 0.6) is 0 Å². The Morgan fingerprint density at radius 2 is 1.95 bits per heavy atom. The molecular formula is C16H14ClFO. The Kier molecular flexibility index (Phi) is 4.33. The van der Waals surface area contributed by atoms with Gasteiger partial charge in [0.15, 0.2) is 5.78 Å². The van der Waals surface area contributed by atoms with Gasteiger partial charge in [-0.25, -0.2) is 4.39 Å². The van der Waals surface area contributed by atoms with Gasteiger partial charge in [-0.2, -0.15) is 0 Å². The second-order valence-corrected chi connectivity index (χ2v) is 4.94. The molecule has 2 rings (SSSR count). The lowest BCUT2D eigenvalue weighted by Crippen LogP contribution is -2.02. The Morgan fingerprint density at radius 3 is 2.63 bits per heavy atom. The summed E-state index contributed by atoms with van der Waals surface area (Å²) < 4.78 is 13.2. The first-order valence-corrected chi connectivity index (χ1v) is 6.48. The van der Waals surface area contributed by atoms with E-state index in [2.05, 4.69) is 0 Å². The highest BCUT2D eigenvalue weighted by Gasteiger charge is 2.09. The van der Waals surface area contributed by atoms with Crippen LogP contribution in [0.1, 0.15) is 27.9 Å². The third kappa shape index (κ3) is 3.65. The minimum absolute atomic E-state index is 0.0929. The fourth-order valence-corrected chi connectivity index (χ4v) is 2.22. The Morgan fingerprint density at radius 1 is 1.21 bits per heavy atom. The molecule has 2 aromatic carbocycles. The minimum Gasteiger partial charge on any atom is -0.294 e. The van der Waals surface area contributed by atoms with Crippen LogP contribution in [-0.2, 0) is 6.42 Å². The highest BCUT2D eigenvalue weighted by Crippen LogP contribution is 2.17. The molecule has 2 aromatic rings. The van der Waals surface area contributed by atoms with Gasteiger partial charge < -0.3 is 0 Å². The lowest BCUT2D eigenvalue weighted by Gasteiger charge is -2.05. The van der Waals surface area contributed by atoms with Crippen molar-refractivity contribution < 1.29 is 9.18 Å². The normalized spacial score (nSPS) is 10.5. The van der Waals surface area contributed by atoms with Gasteiger partial charge in [-0.3, -0.25) is 4.79 Å². The number of carbonyl (C=O) groups excluding carboxylic acids is 1. The molecule has 98 valence electrons. The zero-order chi connectivity index (χ0) is 13.8. The molecule has 0 saturated carbocycles. The van der Waals surface area contributed by atoms with Crippen LogP contribution in [0.15, 0.2) is 42.5 Å². The van der Waals surface area contributed by atoms with Crippen LogP contribution >= 0.6 is 11.6 Å². The third-order valence-electron chi connectivity index (χ3n) is 3.07. The van der Waals surface area contributed by atoms with E-state index >= 15 is 0 Å². The van der Waals surface area contributed by atoms with Crippen molar-refractivity contribution in [2.45, 2.75) is 19.8 Å². The first-order chi connectivity index (χ1) is 9.06. The molecule has 0 bridgehead atoms. The van der Waals surface area contributed by atoms with Crippen molar-refractivity contribution in [1.82, 2.24) is 0 Å². The van der Waals surface area contributed by atoms with E-state index in [0.717, 1.165) is 11.1 Å². The Hall–Kier alpha value is -1.67. The van der Waals surface area contributed by atoms with E-state index in [-0.39, 0.29) is 10.8 Å². The monoisotopic (exact) mass is 276 g/mol. The lowest BCUT2D eigenvalue weighted by atomic mass is 10.00. The molecule has 0 heterocycles. The van der Waals surface area contributed by atoms with Crippen LogP contribution in [0.4, 0.5) is 4.39 Å². The Balaban J connectivity index is 2.08. The van der Waals surface area contributed by atoms with E-state index in [4.69, 9.17) is 11.6 Å². The topological polar surface area (TPSA) is 17.1 Å². The number of hydrogen-bond acceptors (Lipinski definition) is 1. The summed E-state index contributed by atoms with van der Waals surface area (Å²) >= 11 is 5.74. The minimum atomic E-state index is -0.480. The van der Waals surface area contributed by atoms with E-state index in [0.29, 0.717) is 18.4 Å². The average molecular weight is 277 g/mol. The zero-order valence-corrected chi connectivity index (χ0v) is 11.4. The van der Waals surface area contributed by atoms with Crippen LogP contribution < -0.4 is 0 Å². The van der Waals surface area contributed by atoms with Gasteiger partial charge >= 0.3 is 0 Å². The van der Waals surface area contributed by atoms with Crippen LogP contribution in [0.3, 0.4) is 0 Å². The van der Waals surface area contributed by atoms with Crippen molar-refractivity contribution in [3.8, 4) is 0 Å². The first kappa shape index (κ1) is 13.8. The third-order valence-corrected chi connectivity index (χ3v) is 3.29. The van der Waals surface area contributed by atoms with Crippen LogP contribution in [0, 0.1) is 12.7 Å². The number of aryl methyl sites for hydroxylation is 2. The van der Waals surface area contributed by atoms with Gasteiger partial charge in [0, 0.05) is 17.0 Å². The van der Waals surface area contributed by atoms with E-state index < -0.39 is 5.82 Å². The van der Waals surface area contributed by atoms with Crippen molar-refractivity contribution in [3.05, 3.63) is 70.0 Å². The van der Waals surface area contributed by atoms with Crippen LogP contribution in [0.2, 0.25) is 5.02 Å². The molecule has 0 aliphatic heterocycles. The summed E-state index contributed by atoms with van der Waals surface area (Å²) in [4.78, 5) is 12.0. The summed E-state index contributed by atoms with van der Waals surface area (Å²) in [6.07, 6.45) is 1.00. The summed E-state index contributed by atoms with van der Waals surface area (Å²) in [6, 6.07) is 11.9. The molecular weight excluding hydrogens is 263 g/mol. The number of carbonyl (C=O) groups is 1. The van der Waals surface area contributed by atoms with Crippen molar-refractivity contribution in [2.24, 2.45) is 0 Å². The lowest BCUT2D eigenvalue weighted by molar-refractivity contribution is 0.0982. The predicted molar refractivity (Wildman–Crippen MR) is 75.2 cm³/mol. The van der Waals surface area contributed by atoms with Crippen LogP contribution in [0.25, 0.3) is 0 Å². The highest BCUT2D eigenvalue weighted by atomic mass is 35.5. The van der Waals surface area contributed by atoms with E-state index in [1.165, 1.54) is 18.2 Å². The van der Waals surface area contributed by atoms with Gasteiger partial charge in [-0.05, 0) is 42.7 Å². The van der Waals surface area contributed by atoms with E-state index in [1.54, 1.807) is 0 Å². The molecule has 0 saturated heterocycles. The second kappa shape index (κ2) is 5.98. The van der Waals surface area contributed by atoms with Crippen molar-refractivity contribution in [2.75, 3.05) is 0 Å². The molecule has 0 atom stereocenters. The van der Waals surface area contributed by atoms with Gasteiger partial charge in [0.25, 0.3) is 0 Å². The first-order valence-electron chi connectivity index (χ1n) is 6.10. The number of rotatable bonds is 4. The zero-order valence-electron chi connectivity index (χ0n) is 10.6. The van der Waals surface area contributed by atoms with Crippen molar-refractivity contribution in [3.63, 3.8) is 0 Å². The largest absolute Gasteiger partial charge is 0.294 e. The number of Topliss-reactive ketones (excluding diaryl/α,β-unsaturated/α-hetero) is 1. The molecule has 0 radical (unpaired) electrons. The average Bonchev–Trinajstić information content (AvgIpc) is 2.36. The SMILES string of the molecule is Cc1ccccc1CCC(=O)c1cc(F)cc(Cl)c1. The molecule has 19 heavy (non-hydrogen) atoms. The second-order valence-electron chi connectivity index (χ2n) is 4.51. The summed E-state index contributed by atoms with van der Waals surface area (Å²) in [7, 11) is 0. The van der Waals surface area contributed by atoms with Gasteiger partial charge in [0.05, 0.1) is 0 Å². The molecule has 0 N–H and O–H groups in total. The van der Waals surface area contributed by atoms with Gasteiger partial charge in [-0.1, -0.05) is 35.9 Å². The Labute approximate surface area is 117 Å².